The predicted octanol–water partition coefficient (Wildman–Crippen LogP) is 3.44. The van der Waals surface area contributed by atoms with E-state index in [4.69, 9.17) is 0 Å². The molecule has 0 spiro atoms. The van der Waals surface area contributed by atoms with Gasteiger partial charge in [-0.25, -0.2) is 4.98 Å². The molecule has 1 aliphatic carbocycles. The molecule has 2 rings (SSSR count). The molecular formula is C14H22BrN3. The van der Waals surface area contributed by atoms with Crippen molar-refractivity contribution in [2.75, 3.05) is 26.0 Å². The van der Waals surface area contributed by atoms with Crippen LogP contribution in [0.3, 0.4) is 0 Å². The van der Waals surface area contributed by atoms with Gasteiger partial charge < -0.3 is 10.2 Å². The van der Waals surface area contributed by atoms with E-state index in [1.807, 2.05) is 6.20 Å². The van der Waals surface area contributed by atoms with Gasteiger partial charge in [-0.1, -0.05) is 12.8 Å². The zero-order valence-electron chi connectivity index (χ0n) is 11.5. The summed E-state index contributed by atoms with van der Waals surface area (Å²) in [7, 11) is 4.38. The van der Waals surface area contributed by atoms with Crippen LogP contribution in [0, 0.1) is 6.92 Å². The third kappa shape index (κ3) is 2.86. The van der Waals surface area contributed by atoms with E-state index in [1.165, 1.54) is 31.2 Å². The molecule has 0 radical (unpaired) electrons. The second-order valence-electron chi connectivity index (χ2n) is 5.50. The van der Waals surface area contributed by atoms with Crippen LogP contribution in [-0.4, -0.2) is 36.1 Å². The molecule has 18 heavy (non-hydrogen) atoms. The van der Waals surface area contributed by atoms with E-state index in [0.29, 0.717) is 5.54 Å². The average molecular weight is 312 g/mol. The minimum absolute atomic E-state index is 0.307. The van der Waals surface area contributed by atoms with Crippen LogP contribution in [0.5, 0.6) is 0 Å². The first kappa shape index (κ1) is 13.8. The largest absolute Gasteiger partial charge is 0.368 e. The summed E-state index contributed by atoms with van der Waals surface area (Å²) < 4.78 is 1.04. The minimum Gasteiger partial charge on any atom is -0.368 e. The third-order valence-electron chi connectivity index (χ3n) is 4.11. The van der Waals surface area contributed by atoms with Gasteiger partial charge in [0.15, 0.2) is 0 Å². The minimum atomic E-state index is 0.307. The first-order valence-electron chi connectivity index (χ1n) is 6.57. The monoisotopic (exact) mass is 311 g/mol. The normalized spacial score (nSPS) is 18.3. The number of halogens is 1. The van der Waals surface area contributed by atoms with Crippen molar-refractivity contribution in [3.05, 3.63) is 22.3 Å². The number of pyridine rings is 1. The number of likely N-dealkylation sites (N-methyl/N-ethyl adjacent to an activating group) is 1. The lowest BCUT2D eigenvalue weighted by Gasteiger charge is -2.36. The number of nitrogens with zero attached hydrogens (tertiary/aromatic N) is 2. The summed E-state index contributed by atoms with van der Waals surface area (Å²) >= 11 is 3.45. The fourth-order valence-electron chi connectivity index (χ4n) is 2.79. The second-order valence-corrected chi connectivity index (χ2v) is 6.41. The van der Waals surface area contributed by atoms with Crippen LogP contribution in [-0.2, 0) is 0 Å². The zero-order chi connectivity index (χ0) is 13.2. The molecule has 1 aliphatic rings. The van der Waals surface area contributed by atoms with Crippen LogP contribution >= 0.6 is 15.9 Å². The Morgan fingerprint density at radius 3 is 2.61 bits per heavy atom. The van der Waals surface area contributed by atoms with Gasteiger partial charge in [0.2, 0.25) is 0 Å². The van der Waals surface area contributed by atoms with E-state index >= 15 is 0 Å². The van der Waals surface area contributed by atoms with E-state index in [-0.39, 0.29) is 0 Å². The third-order valence-corrected chi connectivity index (χ3v) is 4.55. The fraction of sp³-hybridized carbons (Fsp3) is 0.643. The highest BCUT2D eigenvalue weighted by atomic mass is 79.9. The van der Waals surface area contributed by atoms with Crippen LogP contribution in [0.1, 0.15) is 31.2 Å². The molecule has 100 valence electrons. The highest BCUT2D eigenvalue weighted by Gasteiger charge is 2.35. The lowest BCUT2D eigenvalue weighted by atomic mass is 9.96. The second kappa shape index (κ2) is 5.57. The topological polar surface area (TPSA) is 28.2 Å². The fourth-order valence-corrected chi connectivity index (χ4v) is 3.23. The lowest BCUT2D eigenvalue weighted by molar-refractivity contribution is 0.172. The number of hydrogen-bond donors (Lipinski definition) is 1. The quantitative estimate of drug-likeness (QED) is 0.923. The smallest absolute Gasteiger partial charge is 0.128 e. The Hall–Kier alpha value is -0.610. The van der Waals surface area contributed by atoms with Crippen LogP contribution in [0.15, 0.2) is 16.7 Å². The Bertz CT molecular complexity index is 412. The van der Waals surface area contributed by atoms with Crippen LogP contribution in [0.25, 0.3) is 0 Å². The number of nitrogens with one attached hydrogen (secondary N) is 1. The first-order chi connectivity index (χ1) is 8.53. The molecule has 1 aromatic rings. The maximum Gasteiger partial charge on any atom is 0.128 e. The van der Waals surface area contributed by atoms with Crippen molar-refractivity contribution < 1.29 is 0 Å². The maximum absolute atomic E-state index is 4.45. The van der Waals surface area contributed by atoms with Crippen molar-refractivity contribution in [1.82, 2.24) is 9.88 Å². The first-order valence-corrected chi connectivity index (χ1v) is 7.36. The van der Waals surface area contributed by atoms with Crippen molar-refractivity contribution in [3.63, 3.8) is 0 Å². The SMILES string of the molecule is Cc1cc(Br)cnc1NCC1(N(C)C)CCCC1. The van der Waals surface area contributed by atoms with Gasteiger partial charge in [-0.05, 0) is 61.4 Å². The molecule has 0 atom stereocenters. The van der Waals surface area contributed by atoms with Gasteiger partial charge in [0, 0.05) is 22.8 Å². The summed E-state index contributed by atoms with van der Waals surface area (Å²) in [6.45, 7) is 3.08. The van der Waals surface area contributed by atoms with E-state index in [9.17, 15) is 0 Å². The van der Waals surface area contributed by atoms with Gasteiger partial charge in [-0.2, -0.15) is 0 Å². The molecule has 0 saturated heterocycles. The van der Waals surface area contributed by atoms with Gasteiger partial charge in [0.25, 0.3) is 0 Å². The molecule has 0 unspecified atom stereocenters. The van der Waals surface area contributed by atoms with Gasteiger partial charge >= 0.3 is 0 Å². The molecule has 0 aliphatic heterocycles. The summed E-state index contributed by atoms with van der Waals surface area (Å²) in [6, 6.07) is 2.10. The van der Waals surface area contributed by atoms with Crippen molar-refractivity contribution in [2.24, 2.45) is 0 Å². The number of rotatable bonds is 4. The molecule has 0 bridgehead atoms. The van der Waals surface area contributed by atoms with Gasteiger partial charge in [-0.3, -0.25) is 0 Å². The summed E-state index contributed by atoms with van der Waals surface area (Å²) in [5.74, 6) is 1.01. The van der Waals surface area contributed by atoms with Gasteiger partial charge in [0.1, 0.15) is 5.82 Å². The van der Waals surface area contributed by atoms with E-state index < -0.39 is 0 Å². The molecule has 1 N–H and O–H groups in total. The highest BCUT2D eigenvalue weighted by Crippen LogP contribution is 2.34. The number of hydrogen-bond acceptors (Lipinski definition) is 3. The summed E-state index contributed by atoms with van der Waals surface area (Å²) in [5.41, 5.74) is 1.50. The number of anilines is 1. The Morgan fingerprint density at radius 1 is 1.39 bits per heavy atom. The number of aromatic nitrogens is 1. The summed E-state index contributed by atoms with van der Waals surface area (Å²) in [6.07, 6.45) is 7.09. The predicted molar refractivity (Wildman–Crippen MR) is 80.0 cm³/mol. The molecule has 3 nitrogen and oxygen atoms in total. The summed E-state index contributed by atoms with van der Waals surface area (Å²) in [4.78, 5) is 6.83. The Balaban J connectivity index is 2.06. The Labute approximate surface area is 118 Å². The van der Waals surface area contributed by atoms with Crippen LogP contribution in [0.2, 0.25) is 0 Å². The number of aryl methyl sites for hydroxylation is 1. The standard InChI is InChI=1S/C14H22BrN3/c1-11-8-12(15)9-16-13(11)17-10-14(18(2)3)6-4-5-7-14/h8-9H,4-7,10H2,1-3H3,(H,16,17). The van der Waals surface area contributed by atoms with Crippen molar-refractivity contribution >= 4 is 21.7 Å². The van der Waals surface area contributed by atoms with Crippen molar-refractivity contribution in [2.45, 2.75) is 38.1 Å². The van der Waals surface area contributed by atoms with Gasteiger partial charge in [0.05, 0.1) is 0 Å². The molecule has 1 fully saturated rings. The van der Waals surface area contributed by atoms with Crippen molar-refractivity contribution in [1.29, 1.82) is 0 Å². The molecule has 4 heteroatoms. The van der Waals surface area contributed by atoms with E-state index in [1.54, 1.807) is 0 Å². The van der Waals surface area contributed by atoms with E-state index in [0.717, 1.165) is 16.8 Å². The highest BCUT2D eigenvalue weighted by molar-refractivity contribution is 9.10. The maximum atomic E-state index is 4.45. The van der Waals surface area contributed by atoms with E-state index in [2.05, 4.69) is 58.2 Å². The van der Waals surface area contributed by atoms with Crippen LogP contribution in [0.4, 0.5) is 5.82 Å². The van der Waals surface area contributed by atoms with Gasteiger partial charge in [-0.15, -0.1) is 0 Å². The Kier molecular flexibility index (Phi) is 4.28. The lowest BCUT2D eigenvalue weighted by Crippen LogP contribution is -2.47. The molecular weight excluding hydrogens is 290 g/mol. The average Bonchev–Trinajstić information content (AvgIpc) is 2.78. The summed E-state index contributed by atoms with van der Waals surface area (Å²) in [5, 5.41) is 3.53. The molecule has 0 amide bonds. The van der Waals surface area contributed by atoms with Crippen molar-refractivity contribution in [3.8, 4) is 0 Å². The molecule has 1 aromatic heterocycles. The zero-order valence-corrected chi connectivity index (χ0v) is 13.0. The molecule has 1 saturated carbocycles. The molecule has 1 heterocycles. The van der Waals surface area contributed by atoms with Crippen LogP contribution < -0.4 is 5.32 Å². The molecule has 0 aromatic carbocycles. The Morgan fingerprint density at radius 2 is 2.06 bits per heavy atom.